The maximum atomic E-state index is 12.9. The van der Waals surface area contributed by atoms with Gasteiger partial charge in [-0.1, -0.05) is 48.5 Å². The van der Waals surface area contributed by atoms with Crippen LogP contribution >= 0.6 is 0 Å². The first-order valence-electron chi connectivity index (χ1n) is 6.69. The highest BCUT2D eigenvalue weighted by atomic mass is 19.4. The molecule has 118 valence electrons. The number of carbonyl (C=O) groups is 1. The van der Waals surface area contributed by atoms with E-state index in [2.05, 4.69) is 10.3 Å². The van der Waals surface area contributed by atoms with E-state index in [9.17, 15) is 18.0 Å². The minimum Gasteiger partial charge on any atom is -0.326 e. The quantitative estimate of drug-likeness (QED) is 0.852. The molecule has 0 saturated heterocycles. The summed E-state index contributed by atoms with van der Waals surface area (Å²) in [6, 6.07) is 16.3. The molecule has 6 heteroatoms. The molecule has 0 aliphatic heterocycles. The molecule has 1 N–H and O–H groups in total. The lowest BCUT2D eigenvalue weighted by Gasteiger charge is -2.07. The molecule has 0 saturated carbocycles. The Morgan fingerprint density at radius 1 is 0.957 bits per heavy atom. The first-order valence-corrected chi connectivity index (χ1v) is 6.69. The summed E-state index contributed by atoms with van der Waals surface area (Å²) in [5.41, 5.74) is -0.403. The maximum Gasteiger partial charge on any atom is 0.434 e. The van der Waals surface area contributed by atoms with Crippen LogP contribution in [0.25, 0.3) is 0 Å². The number of hydrogen-bond donors (Lipinski definition) is 1. The predicted molar refractivity (Wildman–Crippen MR) is 82.1 cm³/mol. The lowest BCUT2D eigenvalue weighted by atomic mass is 10.2. The van der Waals surface area contributed by atoms with Crippen LogP contribution in [-0.4, -0.2) is 18.3 Å². The lowest BCUT2D eigenvalue weighted by molar-refractivity contribution is -0.0925. The SMILES string of the molecule is O=C(N/C=C(\N=Cc1ccccc1)C(F)(F)F)c1ccccc1. The Kier molecular flexibility index (Phi) is 5.30. The topological polar surface area (TPSA) is 41.5 Å². The van der Waals surface area contributed by atoms with Gasteiger partial charge in [-0.25, -0.2) is 4.99 Å². The van der Waals surface area contributed by atoms with Crippen LogP contribution in [0.5, 0.6) is 0 Å². The Labute approximate surface area is 131 Å². The number of alkyl halides is 3. The standard InChI is InChI=1S/C17H13F3N2O/c18-17(19,20)15(21-11-13-7-3-1-4-8-13)12-22-16(23)14-9-5-2-6-10-14/h1-12H,(H,22,23)/b15-12-,21-11?. The summed E-state index contributed by atoms with van der Waals surface area (Å²) in [5.74, 6) is -0.637. The van der Waals surface area contributed by atoms with E-state index < -0.39 is 17.8 Å². The fraction of sp³-hybridized carbons (Fsp3) is 0.0588. The lowest BCUT2D eigenvalue weighted by Crippen LogP contribution is -2.21. The summed E-state index contributed by atoms with van der Waals surface area (Å²) in [5, 5.41) is 2.11. The van der Waals surface area contributed by atoms with E-state index >= 15 is 0 Å². The van der Waals surface area contributed by atoms with Crippen molar-refractivity contribution < 1.29 is 18.0 Å². The van der Waals surface area contributed by atoms with Gasteiger partial charge in [0.05, 0.1) is 0 Å². The van der Waals surface area contributed by atoms with Crippen molar-refractivity contribution in [3.05, 3.63) is 83.7 Å². The second-order valence-corrected chi connectivity index (χ2v) is 4.54. The highest BCUT2D eigenvalue weighted by Gasteiger charge is 2.33. The van der Waals surface area contributed by atoms with Gasteiger partial charge in [-0.2, -0.15) is 13.2 Å². The van der Waals surface area contributed by atoms with E-state index in [1.807, 2.05) is 0 Å². The summed E-state index contributed by atoms with van der Waals surface area (Å²) < 4.78 is 38.8. The van der Waals surface area contributed by atoms with Crippen molar-refractivity contribution in [2.24, 2.45) is 4.99 Å². The molecule has 0 aliphatic carbocycles. The summed E-state index contributed by atoms with van der Waals surface area (Å²) in [4.78, 5) is 15.2. The predicted octanol–water partition coefficient (Wildman–Crippen LogP) is 3.94. The van der Waals surface area contributed by atoms with Gasteiger partial charge in [0.2, 0.25) is 0 Å². The van der Waals surface area contributed by atoms with Gasteiger partial charge in [0.15, 0.2) is 5.70 Å². The summed E-state index contributed by atoms with van der Waals surface area (Å²) in [6.45, 7) is 0. The molecule has 0 fully saturated rings. The first kappa shape index (κ1) is 16.5. The number of nitrogens with one attached hydrogen (secondary N) is 1. The molecule has 2 rings (SSSR count). The van der Waals surface area contributed by atoms with E-state index in [1.165, 1.54) is 12.1 Å². The molecule has 0 heterocycles. The second-order valence-electron chi connectivity index (χ2n) is 4.54. The molecule has 0 atom stereocenters. The zero-order valence-corrected chi connectivity index (χ0v) is 11.9. The Hall–Kier alpha value is -2.89. The molecule has 0 aromatic heterocycles. The third kappa shape index (κ3) is 5.10. The minimum absolute atomic E-state index is 0.261. The Morgan fingerprint density at radius 2 is 1.52 bits per heavy atom. The van der Waals surface area contributed by atoms with Crippen LogP contribution in [0.3, 0.4) is 0 Å². The van der Waals surface area contributed by atoms with E-state index in [0.29, 0.717) is 11.8 Å². The average Bonchev–Trinajstić information content (AvgIpc) is 2.55. The van der Waals surface area contributed by atoms with Crippen LogP contribution in [0.4, 0.5) is 13.2 Å². The summed E-state index contributed by atoms with van der Waals surface area (Å²) in [7, 11) is 0. The molecule has 0 bridgehead atoms. The fourth-order valence-electron chi connectivity index (χ4n) is 1.68. The van der Waals surface area contributed by atoms with Crippen LogP contribution in [-0.2, 0) is 0 Å². The number of hydrogen-bond acceptors (Lipinski definition) is 2. The van der Waals surface area contributed by atoms with Crippen LogP contribution in [0.2, 0.25) is 0 Å². The highest BCUT2D eigenvalue weighted by Crippen LogP contribution is 2.26. The van der Waals surface area contributed by atoms with Crippen molar-refractivity contribution in [1.29, 1.82) is 0 Å². The molecule has 0 unspecified atom stereocenters. The number of carbonyl (C=O) groups excluding carboxylic acids is 1. The van der Waals surface area contributed by atoms with Crippen molar-refractivity contribution in [1.82, 2.24) is 5.32 Å². The van der Waals surface area contributed by atoms with Gasteiger partial charge in [0.25, 0.3) is 5.91 Å². The van der Waals surface area contributed by atoms with Gasteiger partial charge in [-0.05, 0) is 17.7 Å². The van der Waals surface area contributed by atoms with Crippen LogP contribution in [0, 0.1) is 0 Å². The Balaban J connectivity index is 2.15. The molecule has 23 heavy (non-hydrogen) atoms. The molecular formula is C17H13F3N2O. The minimum atomic E-state index is -4.67. The van der Waals surface area contributed by atoms with Gasteiger partial charge in [0, 0.05) is 18.0 Å². The van der Waals surface area contributed by atoms with E-state index in [1.54, 1.807) is 48.5 Å². The number of aliphatic imine (C=N–C) groups is 1. The number of benzene rings is 2. The third-order valence-corrected chi connectivity index (χ3v) is 2.82. The van der Waals surface area contributed by atoms with Gasteiger partial charge < -0.3 is 5.32 Å². The largest absolute Gasteiger partial charge is 0.434 e. The molecule has 0 spiro atoms. The van der Waals surface area contributed by atoms with Crippen molar-refractivity contribution in [3.63, 3.8) is 0 Å². The van der Waals surface area contributed by atoms with Crippen molar-refractivity contribution in [3.8, 4) is 0 Å². The van der Waals surface area contributed by atoms with Crippen molar-refractivity contribution >= 4 is 12.1 Å². The first-order chi connectivity index (χ1) is 11.0. The highest BCUT2D eigenvalue weighted by molar-refractivity contribution is 5.94. The zero-order chi connectivity index (χ0) is 16.7. The number of halogens is 3. The second kappa shape index (κ2) is 7.40. The number of allylic oxidation sites excluding steroid dienone is 1. The van der Waals surface area contributed by atoms with Gasteiger partial charge in [-0.15, -0.1) is 0 Å². The van der Waals surface area contributed by atoms with Gasteiger partial charge in [0.1, 0.15) is 0 Å². The average molecular weight is 318 g/mol. The van der Waals surface area contributed by atoms with Gasteiger partial charge >= 0.3 is 6.18 Å². The molecule has 1 amide bonds. The Bertz CT molecular complexity index is 708. The fourth-order valence-corrected chi connectivity index (χ4v) is 1.68. The van der Waals surface area contributed by atoms with Crippen LogP contribution < -0.4 is 5.32 Å². The Morgan fingerprint density at radius 3 is 2.09 bits per heavy atom. The van der Waals surface area contributed by atoms with Gasteiger partial charge in [-0.3, -0.25) is 4.79 Å². The summed E-state index contributed by atoms with van der Waals surface area (Å²) >= 11 is 0. The van der Waals surface area contributed by atoms with E-state index in [4.69, 9.17) is 0 Å². The monoisotopic (exact) mass is 318 g/mol. The molecule has 2 aromatic carbocycles. The molecule has 0 radical (unpaired) electrons. The molecule has 0 aliphatic rings. The molecule has 2 aromatic rings. The van der Waals surface area contributed by atoms with E-state index in [0.717, 1.165) is 6.21 Å². The number of rotatable bonds is 4. The zero-order valence-electron chi connectivity index (χ0n) is 11.9. The third-order valence-electron chi connectivity index (χ3n) is 2.82. The smallest absolute Gasteiger partial charge is 0.326 e. The number of amides is 1. The normalized spacial score (nSPS) is 12.4. The van der Waals surface area contributed by atoms with E-state index in [-0.39, 0.29) is 5.56 Å². The van der Waals surface area contributed by atoms with Crippen molar-refractivity contribution in [2.45, 2.75) is 6.18 Å². The van der Waals surface area contributed by atoms with Crippen LogP contribution in [0.15, 0.2) is 77.6 Å². The van der Waals surface area contributed by atoms with Crippen LogP contribution in [0.1, 0.15) is 15.9 Å². The molecular weight excluding hydrogens is 305 g/mol. The maximum absolute atomic E-state index is 12.9. The summed E-state index contributed by atoms with van der Waals surface area (Å²) in [6.07, 6.45) is -3.02. The molecule has 3 nitrogen and oxygen atoms in total. The van der Waals surface area contributed by atoms with Crippen molar-refractivity contribution in [2.75, 3.05) is 0 Å². The number of nitrogens with zero attached hydrogens (tertiary/aromatic N) is 1.